The van der Waals surface area contributed by atoms with E-state index in [4.69, 9.17) is 14.2 Å². The van der Waals surface area contributed by atoms with Crippen LogP contribution < -0.4 is 14.8 Å². The zero-order chi connectivity index (χ0) is 26.6. The monoisotopic (exact) mass is 517 g/mol. The molecular formula is C27H23N3O8. The third-order valence-corrected chi connectivity index (χ3v) is 6.10. The van der Waals surface area contributed by atoms with Crippen LogP contribution >= 0.6 is 0 Å². The molecule has 1 unspecified atom stereocenters. The zero-order valence-corrected chi connectivity index (χ0v) is 20.1. The Kier molecular flexibility index (Phi) is 7.00. The summed E-state index contributed by atoms with van der Waals surface area (Å²) in [7, 11) is 0. The van der Waals surface area contributed by atoms with E-state index < -0.39 is 10.8 Å². The molecule has 1 N–H and O–H groups in total. The Morgan fingerprint density at radius 2 is 1.76 bits per heavy atom. The number of carbonyl (C=O) groups excluding carboxylic acids is 3. The number of anilines is 1. The van der Waals surface area contributed by atoms with Crippen LogP contribution in [0.4, 0.5) is 11.4 Å². The molecule has 3 amide bonds. The highest BCUT2D eigenvalue weighted by Crippen LogP contribution is 2.31. The molecule has 0 aliphatic carbocycles. The number of hydrogen-bond donors (Lipinski definition) is 1. The number of fused-ring (bicyclic) bond motifs is 1. The van der Waals surface area contributed by atoms with Gasteiger partial charge in [-0.05, 0) is 49.2 Å². The number of nitrogens with one attached hydrogen (secondary N) is 1. The first kappa shape index (κ1) is 24.9. The molecule has 5 rings (SSSR count). The van der Waals surface area contributed by atoms with Crippen molar-refractivity contribution in [3.05, 3.63) is 88.0 Å². The topological polar surface area (TPSA) is 137 Å². The van der Waals surface area contributed by atoms with Crippen molar-refractivity contribution in [2.75, 3.05) is 25.1 Å². The molecule has 1 atom stereocenters. The molecular weight excluding hydrogens is 494 g/mol. The molecule has 1 fully saturated rings. The summed E-state index contributed by atoms with van der Waals surface area (Å²) in [5.74, 6) is -0.233. The summed E-state index contributed by atoms with van der Waals surface area (Å²) in [6.07, 6.45) is 1.59. The standard InChI is InChI=1S/C27H23N3O8/c31-25(16-37-19-6-2-5-18(13-19)30(34)35)28-17-4-1-7-20(12-17)38-21-9-10-23-24(14-21)27(33)29(26(23)32)15-22-8-3-11-36-22/h1-2,4-7,9-10,12-14,22H,3,8,11,15-16H2,(H,28,31). The number of nitro benzene ring substituents is 1. The normalized spacial score (nSPS) is 16.3. The van der Waals surface area contributed by atoms with Crippen LogP contribution in [0.15, 0.2) is 66.7 Å². The molecule has 1 saturated heterocycles. The zero-order valence-electron chi connectivity index (χ0n) is 20.1. The summed E-state index contributed by atoms with van der Waals surface area (Å²) in [5.41, 5.74) is 0.893. The van der Waals surface area contributed by atoms with E-state index in [1.54, 1.807) is 36.4 Å². The van der Waals surface area contributed by atoms with E-state index in [1.165, 1.54) is 35.2 Å². The summed E-state index contributed by atoms with van der Waals surface area (Å²) in [5, 5.41) is 13.6. The number of nitrogens with zero attached hydrogens (tertiary/aromatic N) is 2. The first-order chi connectivity index (χ1) is 18.4. The lowest BCUT2D eigenvalue weighted by molar-refractivity contribution is -0.384. The lowest BCUT2D eigenvalue weighted by Gasteiger charge is -2.17. The van der Waals surface area contributed by atoms with Gasteiger partial charge >= 0.3 is 0 Å². The van der Waals surface area contributed by atoms with Gasteiger partial charge in [-0.25, -0.2) is 0 Å². The molecule has 11 heteroatoms. The lowest BCUT2D eigenvalue weighted by atomic mass is 10.1. The molecule has 3 aromatic rings. The lowest BCUT2D eigenvalue weighted by Crippen LogP contribution is -2.36. The maximum absolute atomic E-state index is 12.9. The van der Waals surface area contributed by atoms with Crippen molar-refractivity contribution in [3.8, 4) is 17.2 Å². The van der Waals surface area contributed by atoms with Crippen LogP contribution in [-0.2, 0) is 9.53 Å². The van der Waals surface area contributed by atoms with Crippen LogP contribution in [-0.4, -0.2) is 53.4 Å². The summed E-state index contributed by atoms with van der Waals surface area (Å²) < 4.78 is 16.8. The van der Waals surface area contributed by atoms with Crippen LogP contribution in [0.3, 0.4) is 0 Å². The molecule has 2 aliphatic heterocycles. The number of imide groups is 1. The number of ether oxygens (including phenoxy) is 3. The van der Waals surface area contributed by atoms with Gasteiger partial charge in [-0.1, -0.05) is 12.1 Å². The van der Waals surface area contributed by atoms with Gasteiger partial charge in [0.2, 0.25) is 0 Å². The first-order valence-corrected chi connectivity index (χ1v) is 11.9. The van der Waals surface area contributed by atoms with Crippen LogP contribution in [0.1, 0.15) is 33.6 Å². The highest BCUT2D eigenvalue weighted by Gasteiger charge is 2.37. The van der Waals surface area contributed by atoms with Crippen molar-refractivity contribution in [3.63, 3.8) is 0 Å². The molecule has 38 heavy (non-hydrogen) atoms. The highest BCUT2D eigenvalue weighted by molar-refractivity contribution is 6.21. The average Bonchev–Trinajstić information content (AvgIpc) is 3.51. The minimum absolute atomic E-state index is 0.137. The molecule has 3 aromatic carbocycles. The number of amides is 3. The van der Waals surface area contributed by atoms with Gasteiger partial charge < -0.3 is 19.5 Å². The molecule has 0 spiro atoms. The molecule has 0 saturated carbocycles. The van der Waals surface area contributed by atoms with Crippen molar-refractivity contribution >= 4 is 29.1 Å². The van der Waals surface area contributed by atoms with E-state index in [1.807, 2.05) is 0 Å². The predicted molar refractivity (Wildman–Crippen MR) is 135 cm³/mol. The van der Waals surface area contributed by atoms with E-state index >= 15 is 0 Å². The fraction of sp³-hybridized carbons (Fsp3) is 0.222. The summed E-state index contributed by atoms with van der Waals surface area (Å²) in [6.45, 7) is 0.515. The van der Waals surface area contributed by atoms with Gasteiger partial charge in [0, 0.05) is 24.4 Å². The molecule has 2 heterocycles. The van der Waals surface area contributed by atoms with Crippen LogP contribution in [0.25, 0.3) is 0 Å². The molecule has 194 valence electrons. The second-order valence-corrected chi connectivity index (χ2v) is 8.78. The molecule has 2 aliphatic rings. The van der Waals surface area contributed by atoms with Gasteiger partial charge in [-0.15, -0.1) is 0 Å². The molecule has 11 nitrogen and oxygen atoms in total. The maximum Gasteiger partial charge on any atom is 0.273 e. The minimum atomic E-state index is -0.547. The Morgan fingerprint density at radius 3 is 2.55 bits per heavy atom. The Labute approximate surface area is 217 Å². The van der Waals surface area contributed by atoms with Gasteiger partial charge in [0.05, 0.1) is 34.8 Å². The Morgan fingerprint density at radius 1 is 1.00 bits per heavy atom. The third-order valence-electron chi connectivity index (χ3n) is 6.10. The van der Waals surface area contributed by atoms with Gasteiger partial charge in [-0.3, -0.25) is 29.4 Å². The second-order valence-electron chi connectivity index (χ2n) is 8.78. The summed E-state index contributed by atoms with van der Waals surface area (Å²) in [6, 6.07) is 16.9. The maximum atomic E-state index is 12.9. The molecule has 0 bridgehead atoms. The van der Waals surface area contributed by atoms with Gasteiger partial charge in [0.15, 0.2) is 6.61 Å². The number of benzene rings is 3. The number of nitro groups is 1. The van der Waals surface area contributed by atoms with E-state index in [0.29, 0.717) is 29.4 Å². The second kappa shape index (κ2) is 10.7. The van der Waals surface area contributed by atoms with E-state index in [2.05, 4.69) is 5.32 Å². The number of carbonyl (C=O) groups is 3. The Bertz CT molecular complexity index is 1420. The smallest absolute Gasteiger partial charge is 0.273 e. The fourth-order valence-electron chi connectivity index (χ4n) is 4.30. The van der Waals surface area contributed by atoms with Crippen LogP contribution in [0.2, 0.25) is 0 Å². The van der Waals surface area contributed by atoms with Gasteiger partial charge in [-0.2, -0.15) is 0 Å². The van der Waals surface area contributed by atoms with Crippen LogP contribution in [0, 0.1) is 10.1 Å². The quantitative estimate of drug-likeness (QED) is 0.254. The fourth-order valence-corrected chi connectivity index (χ4v) is 4.30. The number of hydrogen-bond acceptors (Lipinski definition) is 8. The SMILES string of the molecule is O=C(COc1cccc([N+](=O)[O-])c1)Nc1cccc(Oc2ccc3c(c2)C(=O)N(CC2CCCO2)C3=O)c1. The minimum Gasteiger partial charge on any atom is -0.484 e. The number of rotatable bonds is 9. The largest absolute Gasteiger partial charge is 0.484 e. The first-order valence-electron chi connectivity index (χ1n) is 11.9. The molecule has 0 radical (unpaired) electrons. The van der Waals surface area contributed by atoms with Crippen molar-refractivity contribution in [2.45, 2.75) is 18.9 Å². The molecule has 0 aromatic heterocycles. The predicted octanol–water partition coefficient (Wildman–Crippen LogP) is 4.18. The van der Waals surface area contributed by atoms with Gasteiger partial charge in [0.1, 0.15) is 17.2 Å². The highest BCUT2D eigenvalue weighted by atomic mass is 16.6. The summed E-state index contributed by atoms with van der Waals surface area (Å²) in [4.78, 5) is 49.5. The van der Waals surface area contributed by atoms with Crippen molar-refractivity contribution in [1.29, 1.82) is 0 Å². The number of non-ortho nitro benzene ring substituents is 1. The Hall–Kier alpha value is -4.77. The summed E-state index contributed by atoms with van der Waals surface area (Å²) >= 11 is 0. The average molecular weight is 517 g/mol. The van der Waals surface area contributed by atoms with Crippen LogP contribution in [0.5, 0.6) is 17.2 Å². The van der Waals surface area contributed by atoms with Gasteiger partial charge in [0.25, 0.3) is 23.4 Å². The van der Waals surface area contributed by atoms with E-state index in [-0.39, 0.29) is 48.1 Å². The van der Waals surface area contributed by atoms with Crippen molar-refractivity contribution in [1.82, 2.24) is 4.90 Å². The van der Waals surface area contributed by atoms with E-state index in [9.17, 15) is 24.5 Å². The third kappa shape index (κ3) is 5.47. The Balaban J connectivity index is 1.20. The van der Waals surface area contributed by atoms with Crippen molar-refractivity contribution < 1.29 is 33.5 Å². The van der Waals surface area contributed by atoms with Crippen molar-refractivity contribution in [2.24, 2.45) is 0 Å². The van der Waals surface area contributed by atoms with E-state index in [0.717, 1.165) is 12.8 Å².